The molecule has 1 aliphatic carbocycles. The first kappa shape index (κ1) is 30.3. The third-order valence-corrected chi connectivity index (χ3v) is 9.70. The maximum Gasteiger partial charge on any atom is 0.295 e. The smallest absolute Gasteiger partial charge is 0.295 e. The lowest BCUT2D eigenvalue weighted by molar-refractivity contribution is -0.120. The van der Waals surface area contributed by atoms with Gasteiger partial charge in [-0.05, 0) is 61.8 Å². The summed E-state index contributed by atoms with van der Waals surface area (Å²) in [4.78, 5) is 22.2. The number of carbonyl (C=O) groups excluding carboxylic acids is 1. The predicted molar refractivity (Wildman–Crippen MR) is 162 cm³/mol. The number of imidazole rings is 1. The highest BCUT2D eigenvalue weighted by Crippen LogP contribution is 2.52. The van der Waals surface area contributed by atoms with Gasteiger partial charge >= 0.3 is 0 Å². The first-order chi connectivity index (χ1) is 20.7. The summed E-state index contributed by atoms with van der Waals surface area (Å²) in [5.41, 5.74) is 3.26. The zero-order valence-corrected chi connectivity index (χ0v) is 26.2. The van der Waals surface area contributed by atoms with Gasteiger partial charge in [0.2, 0.25) is 0 Å². The van der Waals surface area contributed by atoms with Gasteiger partial charge in [0.05, 0.1) is 27.7 Å². The van der Waals surface area contributed by atoms with Crippen LogP contribution >= 0.6 is 0 Å². The SMILES string of the molecule is Cc1cn(C)nc1-c1ccc(Nc2cc(CC(=O)C3CC3(C)C)nc3c2nc(C(F)F)n3C2CCCCO2)c(S(C)(=O)=O)c1. The highest BCUT2D eigenvalue weighted by atomic mass is 32.2. The van der Waals surface area contributed by atoms with Gasteiger partial charge in [0.25, 0.3) is 6.43 Å². The Labute approximate surface area is 254 Å². The van der Waals surface area contributed by atoms with E-state index < -0.39 is 28.3 Å². The van der Waals surface area contributed by atoms with Crippen LogP contribution in [0.2, 0.25) is 0 Å². The number of alkyl halides is 2. The standard InChI is InChI=1S/C31H36F2N6O4S/c1-17-16-38(4)37-26(17)18-9-10-21(24(12-18)44(5,41)42)35-22-13-19(14-23(40)20-15-31(20,2)3)34-29-27(22)36-30(28(32)33)39(29)25-8-6-7-11-43-25/h9-10,12-13,16,20,25,28H,6-8,11,14-15H2,1-5H3,(H,34,35). The number of halogens is 2. The molecule has 0 amide bonds. The fourth-order valence-corrected chi connectivity index (χ4v) is 6.98. The number of benzene rings is 1. The van der Waals surface area contributed by atoms with Gasteiger partial charge in [0.1, 0.15) is 17.5 Å². The molecule has 4 aromatic rings. The number of carbonyl (C=O) groups is 1. The maximum atomic E-state index is 14.4. The monoisotopic (exact) mass is 626 g/mol. The van der Waals surface area contributed by atoms with Gasteiger partial charge in [0.15, 0.2) is 21.3 Å². The van der Waals surface area contributed by atoms with E-state index in [4.69, 9.17) is 4.74 Å². The third-order valence-electron chi connectivity index (χ3n) is 8.56. The van der Waals surface area contributed by atoms with E-state index in [9.17, 15) is 22.0 Å². The van der Waals surface area contributed by atoms with Crippen molar-refractivity contribution in [3.63, 3.8) is 0 Å². The summed E-state index contributed by atoms with van der Waals surface area (Å²) in [5, 5.41) is 7.63. The van der Waals surface area contributed by atoms with Gasteiger partial charge < -0.3 is 10.1 Å². The maximum absolute atomic E-state index is 14.4. The molecule has 44 heavy (non-hydrogen) atoms. The lowest BCUT2D eigenvalue weighted by Gasteiger charge is -2.25. The lowest BCUT2D eigenvalue weighted by Crippen LogP contribution is -2.21. The average Bonchev–Trinajstić information content (AvgIpc) is 3.25. The van der Waals surface area contributed by atoms with Crippen molar-refractivity contribution in [3.8, 4) is 11.3 Å². The summed E-state index contributed by atoms with van der Waals surface area (Å²) in [7, 11) is -1.97. The van der Waals surface area contributed by atoms with Crippen LogP contribution in [0.25, 0.3) is 22.4 Å². The number of aromatic nitrogens is 5. The van der Waals surface area contributed by atoms with Crippen LogP contribution in [-0.4, -0.2) is 51.4 Å². The molecule has 2 atom stereocenters. The Bertz CT molecular complexity index is 1880. The van der Waals surface area contributed by atoms with E-state index in [1.54, 1.807) is 36.0 Å². The van der Waals surface area contributed by atoms with Crippen molar-refractivity contribution in [2.24, 2.45) is 18.4 Å². The minimum absolute atomic E-state index is 0.00602. The molecular weight excluding hydrogens is 590 g/mol. The minimum atomic E-state index is -3.75. The van der Waals surface area contributed by atoms with Gasteiger partial charge in [0, 0.05) is 44.0 Å². The summed E-state index contributed by atoms with van der Waals surface area (Å²) in [6, 6.07) is 6.53. The van der Waals surface area contributed by atoms with Crippen molar-refractivity contribution >= 4 is 38.2 Å². The van der Waals surface area contributed by atoms with Crippen molar-refractivity contribution in [1.29, 1.82) is 0 Å². The summed E-state index contributed by atoms with van der Waals surface area (Å²) >= 11 is 0. The summed E-state index contributed by atoms with van der Waals surface area (Å²) in [6.07, 6.45) is 2.29. The molecule has 3 aromatic heterocycles. The number of nitrogens with zero attached hydrogens (tertiary/aromatic N) is 5. The zero-order chi connectivity index (χ0) is 31.6. The molecule has 6 rings (SSSR count). The molecule has 4 heterocycles. The van der Waals surface area contributed by atoms with Crippen LogP contribution in [0, 0.1) is 18.3 Å². The molecule has 1 aliphatic heterocycles. The van der Waals surface area contributed by atoms with Gasteiger partial charge in [-0.15, -0.1) is 0 Å². The number of ketones is 1. The average molecular weight is 627 g/mol. The first-order valence-electron chi connectivity index (χ1n) is 14.7. The van der Waals surface area contributed by atoms with Crippen LogP contribution in [0.4, 0.5) is 20.2 Å². The van der Waals surface area contributed by atoms with Crippen LogP contribution in [0.5, 0.6) is 0 Å². The van der Waals surface area contributed by atoms with Crippen molar-refractivity contribution < 1.29 is 26.7 Å². The van der Waals surface area contributed by atoms with Crippen molar-refractivity contribution in [2.75, 3.05) is 18.2 Å². The molecule has 2 unspecified atom stereocenters. The van der Waals surface area contributed by atoms with Crippen LogP contribution < -0.4 is 5.32 Å². The largest absolute Gasteiger partial charge is 0.358 e. The number of rotatable bonds is 9. The number of Topliss-reactive ketones (excluding diaryl/α,β-unsaturated/α-hetero) is 1. The fourth-order valence-electron chi connectivity index (χ4n) is 6.12. The van der Waals surface area contributed by atoms with Gasteiger partial charge in [-0.1, -0.05) is 19.9 Å². The van der Waals surface area contributed by atoms with Crippen molar-refractivity contribution in [1.82, 2.24) is 24.3 Å². The number of anilines is 2. The van der Waals surface area contributed by atoms with Crippen LogP contribution in [0.3, 0.4) is 0 Å². The molecule has 2 aliphatic rings. The molecule has 2 fully saturated rings. The Morgan fingerprint density at radius 2 is 1.93 bits per heavy atom. The Hall–Kier alpha value is -3.71. The van der Waals surface area contributed by atoms with Crippen molar-refractivity contribution in [3.05, 3.63) is 47.5 Å². The third kappa shape index (κ3) is 5.74. The van der Waals surface area contributed by atoms with Crippen molar-refractivity contribution in [2.45, 2.75) is 70.4 Å². The number of fused-ring (bicyclic) bond motifs is 1. The molecule has 1 saturated heterocycles. The Morgan fingerprint density at radius 1 is 1.18 bits per heavy atom. The molecule has 1 aromatic carbocycles. The fraction of sp³-hybridized carbons (Fsp3) is 0.484. The number of sulfone groups is 1. The van der Waals surface area contributed by atoms with Gasteiger partial charge in [-0.25, -0.2) is 27.2 Å². The normalized spacial score (nSPS) is 19.9. The molecule has 0 spiro atoms. The number of aryl methyl sites for hydroxylation is 2. The summed E-state index contributed by atoms with van der Waals surface area (Å²) < 4.78 is 63.8. The van der Waals surface area contributed by atoms with Crippen LogP contribution in [0.15, 0.2) is 35.4 Å². The quantitative estimate of drug-likeness (QED) is 0.237. The van der Waals surface area contributed by atoms with Gasteiger partial charge in [-0.2, -0.15) is 5.10 Å². The molecule has 0 radical (unpaired) electrons. The Kier molecular flexibility index (Phi) is 7.60. The van der Waals surface area contributed by atoms with E-state index in [0.29, 0.717) is 30.0 Å². The zero-order valence-electron chi connectivity index (χ0n) is 25.4. The summed E-state index contributed by atoms with van der Waals surface area (Å²) in [6.45, 7) is 6.38. The van der Waals surface area contributed by atoms with E-state index >= 15 is 0 Å². The lowest BCUT2D eigenvalue weighted by atomic mass is 10.0. The predicted octanol–water partition coefficient (Wildman–Crippen LogP) is 6.08. The topological polar surface area (TPSA) is 121 Å². The van der Waals surface area contributed by atoms with E-state index in [1.807, 2.05) is 27.0 Å². The Morgan fingerprint density at radius 3 is 2.52 bits per heavy atom. The number of ether oxygens (including phenoxy) is 1. The number of nitrogens with one attached hydrogen (secondary N) is 1. The van der Waals surface area contributed by atoms with Crippen LogP contribution in [-0.2, 0) is 32.8 Å². The molecule has 1 N–H and O–H groups in total. The number of hydrogen-bond donors (Lipinski definition) is 1. The highest BCUT2D eigenvalue weighted by molar-refractivity contribution is 7.90. The molecule has 0 bridgehead atoms. The highest BCUT2D eigenvalue weighted by Gasteiger charge is 2.50. The molecular formula is C31H36F2N6O4S. The van der Waals surface area contributed by atoms with E-state index in [-0.39, 0.29) is 51.0 Å². The number of pyridine rings is 1. The second kappa shape index (κ2) is 11.0. The number of hydrogen-bond acceptors (Lipinski definition) is 8. The van der Waals surface area contributed by atoms with Crippen LogP contribution in [0.1, 0.15) is 69.3 Å². The first-order valence-corrected chi connectivity index (χ1v) is 16.6. The molecule has 1 saturated carbocycles. The molecule has 234 valence electrons. The van der Waals surface area contributed by atoms with Gasteiger partial charge in [-0.3, -0.25) is 14.0 Å². The second-order valence-electron chi connectivity index (χ2n) is 12.6. The second-order valence-corrected chi connectivity index (χ2v) is 14.6. The van der Waals surface area contributed by atoms with E-state index in [1.165, 1.54) is 4.57 Å². The van der Waals surface area contributed by atoms with E-state index in [2.05, 4.69) is 20.4 Å². The Balaban J connectivity index is 1.49. The van der Waals surface area contributed by atoms with E-state index in [0.717, 1.165) is 31.1 Å². The summed E-state index contributed by atoms with van der Waals surface area (Å²) in [5.74, 6) is -0.564. The minimum Gasteiger partial charge on any atom is -0.358 e. The molecule has 13 heteroatoms. The molecule has 10 nitrogen and oxygen atoms in total.